The van der Waals surface area contributed by atoms with Gasteiger partial charge in [-0.1, -0.05) is 26.0 Å². The fraction of sp³-hybridized carbons (Fsp3) is 0.278. The lowest BCUT2D eigenvalue weighted by Crippen LogP contribution is -2.11. The highest BCUT2D eigenvalue weighted by molar-refractivity contribution is 6.04. The Morgan fingerprint density at radius 2 is 2.04 bits per heavy atom. The zero-order valence-electron chi connectivity index (χ0n) is 15.5. The average Bonchev–Trinajstić information content (AvgIpc) is 3.03. The molecule has 0 unspecified atom stereocenters. The van der Waals surface area contributed by atoms with Crippen LogP contribution in [-0.4, -0.2) is 36.1 Å². The van der Waals surface area contributed by atoms with E-state index in [1.807, 2.05) is 39.2 Å². The van der Waals surface area contributed by atoms with Crippen molar-refractivity contribution >= 4 is 23.7 Å². The number of hydrogen-bond acceptors (Lipinski definition) is 4. The maximum atomic E-state index is 7.49. The summed E-state index contributed by atoms with van der Waals surface area (Å²) in [6, 6.07) is 9.39. The molecule has 0 aliphatic heterocycles. The first-order valence-corrected chi connectivity index (χ1v) is 8.23. The molecule has 26 heavy (non-hydrogen) atoms. The molecule has 1 aromatic heterocycles. The van der Waals surface area contributed by atoms with Crippen LogP contribution in [0.3, 0.4) is 0 Å². The maximum absolute atomic E-state index is 7.49. The molecule has 2 rings (SSSR count). The van der Waals surface area contributed by atoms with Crippen LogP contribution in [0.4, 0.5) is 5.69 Å². The highest BCUT2D eigenvalue weighted by Gasteiger charge is 2.10. The average molecular weight is 356 g/mol. The quantitative estimate of drug-likeness (QED) is 0.354. The van der Waals surface area contributed by atoms with Gasteiger partial charge in [0.2, 0.25) is 0 Å². The van der Waals surface area contributed by atoms with E-state index in [2.05, 4.69) is 20.3 Å². The molecule has 1 heterocycles. The number of amidine groups is 2. The molecule has 0 amide bonds. The Bertz CT molecular complexity index is 755. The zero-order chi connectivity index (χ0) is 19.5. The van der Waals surface area contributed by atoms with Crippen molar-refractivity contribution < 1.29 is 0 Å². The standard InChI is InChI=1S/C15H19N7.C3H9N/c1-19-8-11-5-6-20-13(11)15(21-9-16)22-12-4-2-3-10(7-12)14(17)18;1-3(2)4/h2-7,9,19-20H,8H2,1H3,(H3,17,18)(H2,16,21,22);3H,4H2,1-2H3. The zero-order valence-corrected chi connectivity index (χ0v) is 15.5. The third-order valence-corrected chi connectivity index (χ3v) is 3.01. The van der Waals surface area contributed by atoms with Gasteiger partial charge in [-0.2, -0.15) is 0 Å². The number of H-pyrrole nitrogens is 1. The second-order valence-electron chi connectivity index (χ2n) is 5.83. The van der Waals surface area contributed by atoms with Gasteiger partial charge < -0.3 is 27.5 Å². The Balaban J connectivity index is 0.000000765. The van der Waals surface area contributed by atoms with Crippen molar-refractivity contribution in [3.05, 3.63) is 53.3 Å². The molecular formula is C18H28N8. The molecule has 0 bridgehead atoms. The van der Waals surface area contributed by atoms with Crippen molar-refractivity contribution in [3.8, 4) is 0 Å². The van der Waals surface area contributed by atoms with E-state index >= 15 is 0 Å². The molecule has 2 aromatic rings. The van der Waals surface area contributed by atoms with Gasteiger partial charge in [0, 0.05) is 18.3 Å². The maximum Gasteiger partial charge on any atom is 0.178 e. The number of nitrogens with two attached hydrogens (primary N) is 3. The molecule has 0 aliphatic rings. The third-order valence-electron chi connectivity index (χ3n) is 3.01. The van der Waals surface area contributed by atoms with Crippen LogP contribution in [0.5, 0.6) is 0 Å². The second kappa shape index (κ2) is 10.8. The predicted molar refractivity (Wildman–Crippen MR) is 109 cm³/mol. The topological polar surface area (TPSA) is 154 Å². The first kappa shape index (κ1) is 21.1. The SMILES string of the molecule is CC(C)N.CNCc1cc[nH]c1C(N=CN)=Nc1cccc(C(=N)N)c1. The summed E-state index contributed by atoms with van der Waals surface area (Å²) < 4.78 is 0. The fourth-order valence-electron chi connectivity index (χ4n) is 2.03. The normalized spacial score (nSPS) is 11.5. The Morgan fingerprint density at radius 1 is 1.35 bits per heavy atom. The summed E-state index contributed by atoms with van der Waals surface area (Å²) in [6.45, 7) is 4.57. The summed E-state index contributed by atoms with van der Waals surface area (Å²) >= 11 is 0. The number of aromatic amines is 1. The van der Waals surface area contributed by atoms with Gasteiger partial charge in [-0.3, -0.25) is 5.41 Å². The molecular weight excluding hydrogens is 328 g/mol. The number of benzene rings is 1. The molecule has 0 aliphatic carbocycles. The van der Waals surface area contributed by atoms with E-state index in [-0.39, 0.29) is 5.84 Å². The van der Waals surface area contributed by atoms with E-state index in [9.17, 15) is 0 Å². The molecule has 0 fully saturated rings. The molecule has 8 nitrogen and oxygen atoms in total. The number of aromatic nitrogens is 1. The van der Waals surface area contributed by atoms with Crippen LogP contribution < -0.4 is 22.5 Å². The monoisotopic (exact) mass is 356 g/mol. The van der Waals surface area contributed by atoms with Crippen molar-refractivity contribution in [1.29, 1.82) is 5.41 Å². The fourth-order valence-corrected chi connectivity index (χ4v) is 2.03. The highest BCUT2D eigenvalue weighted by Crippen LogP contribution is 2.17. The summed E-state index contributed by atoms with van der Waals surface area (Å²) in [6.07, 6.45) is 3.03. The van der Waals surface area contributed by atoms with E-state index in [4.69, 9.17) is 22.6 Å². The van der Waals surface area contributed by atoms with Crippen molar-refractivity contribution in [2.24, 2.45) is 27.2 Å². The molecule has 1 aromatic carbocycles. The van der Waals surface area contributed by atoms with Gasteiger partial charge >= 0.3 is 0 Å². The second-order valence-corrected chi connectivity index (χ2v) is 5.83. The summed E-state index contributed by atoms with van der Waals surface area (Å²) in [5.41, 5.74) is 19.1. The number of nitrogens with one attached hydrogen (secondary N) is 3. The van der Waals surface area contributed by atoms with Gasteiger partial charge in [-0.25, -0.2) is 9.98 Å². The van der Waals surface area contributed by atoms with Crippen LogP contribution in [-0.2, 0) is 6.54 Å². The smallest absolute Gasteiger partial charge is 0.178 e. The summed E-state index contributed by atoms with van der Waals surface area (Å²) in [5.74, 6) is 0.468. The van der Waals surface area contributed by atoms with Gasteiger partial charge in [-0.15, -0.1) is 0 Å². The Hall–Kier alpha value is -2.97. The lowest BCUT2D eigenvalue weighted by molar-refractivity contribution is 0.817. The predicted octanol–water partition coefficient (Wildman–Crippen LogP) is 1.44. The number of nitrogens with zero attached hydrogens (tertiary/aromatic N) is 2. The Labute approximate surface area is 154 Å². The van der Waals surface area contributed by atoms with Crippen LogP contribution in [0.2, 0.25) is 0 Å². The van der Waals surface area contributed by atoms with Gasteiger partial charge in [0.15, 0.2) is 5.84 Å². The third kappa shape index (κ3) is 6.88. The minimum atomic E-state index is -0.00308. The number of aliphatic imine (C=N–C) groups is 2. The van der Waals surface area contributed by atoms with Crippen LogP contribution in [0.1, 0.15) is 30.7 Å². The number of nitrogen functional groups attached to an aromatic ring is 1. The lowest BCUT2D eigenvalue weighted by atomic mass is 10.2. The largest absolute Gasteiger partial charge is 0.390 e. The first-order valence-electron chi connectivity index (χ1n) is 8.23. The molecule has 0 atom stereocenters. The number of hydrogen-bond donors (Lipinski definition) is 6. The van der Waals surface area contributed by atoms with E-state index in [0.29, 0.717) is 29.7 Å². The Morgan fingerprint density at radius 3 is 2.62 bits per heavy atom. The molecule has 0 spiro atoms. The van der Waals surface area contributed by atoms with E-state index in [0.717, 1.165) is 11.3 Å². The van der Waals surface area contributed by atoms with E-state index < -0.39 is 0 Å². The summed E-state index contributed by atoms with van der Waals surface area (Å²) in [4.78, 5) is 11.8. The molecule has 0 saturated heterocycles. The van der Waals surface area contributed by atoms with Crippen molar-refractivity contribution in [3.63, 3.8) is 0 Å². The molecule has 0 radical (unpaired) electrons. The van der Waals surface area contributed by atoms with Crippen molar-refractivity contribution in [1.82, 2.24) is 10.3 Å². The number of rotatable bonds is 5. The molecule has 0 saturated carbocycles. The van der Waals surface area contributed by atoms with Crippen molar-refractivity contribution in [2.45, 2.75) is 26.4 Å². The van der Waals surface area contributed by atoms with Crippen LogP contribution in [0, 0.1) is 5.41 Å². The van der Waals surface area contributed by atoms with E-state index in [1.165, 1.54) is 6.34 Å². The first-order chi connectivity index (χ1) is 12.4. The van der Waals surface area contributed by atoms with Crippen LogP contribution >= 0.6 is 0 Å². The van der Waals surface area contributed by atoms with Gasteiger partial charge in [0.1, 0.15) is 5.84 Å². The van der Waals surface area contributed by atoms with Crippen LogP contribution in [0.15, 0.2) is 46.5 Å². The van der Waals surface area contributed by atoms with Gasteiger partial charge in [0.05, 0.1) is 17.7 Å². The molecule has 8 heteroatoms. The van der Waals surface area contributed by atoms with Crippen molar-refractivity contribution in [2.75, 3.05) is 7.05 Å². The molecule has 9 N–H and O–H groups in total. The van der Waals surface area contributed by atoms with E-state index in [1.54, 1.807) is 18.2 Å². The minimum Gasteiger partial charge on any atom is -0.390 e. The van der Waals surface area contributed by atoms with Crippen LogP contribution in [0.25, 0.3) is 0 Å². The minimum absolute atomic E-state index is 0.00308. The van der Waals surface area contributed by atoms with Gasteiger partial charge in [0.25, 0.3) is 0 Å². The highest BCUT2D eigenvalue weighted by atomic mass is 15.0. The lowest BCUT2D eigenvalue weighted by Gasteiger charge is -2.05. The molecule has 140 valence electrons. The summed E-state index contributed by atoms with van der Waals surface area (Å²) in [5, 5.41) is 10.6. The summed E-state index contributed by atoms with van der Waals surface area (Å²) in [7, 11) is 1.87. The van der Waals surface area contributed by atoms with Gasteiger partial charge in [-0.05, 0) is 36.9 Å². The Kier molecular flexibility index (Phi) is 8.76.